The summed E-state index contributed by atoms with van der Waals surface area (Å²) in [6.07, 6.45) is 0. The van der Waals surface area contributed by atoms with Crippen LogP contribution in [0.4, 0.5) is 0 Å². The van der Waals surface area contributed by atoms with Crippen molar-refractivity contribution in [3.8, 4) is 5.75 Å². The van der Waals surface area contributed by atoms with Gasteiger partial charge in [-0.3, -0.25) is 0 Å². The van der Waals surface area contributed by atoms with Gasteiger partial charge in [0.15, 0.2) is 0 Å². The maximum Gasteiger partial charge on any atom is 0.124 e. The van der Waals surface area contributed by atoms with E-state index < -0.39 is 0 Å². The smallest absolute Gasteiger partial charge is 0.124 e. The molecule has 0 saturated carbocycles. The Morgan fingerprint density at radius 3 is 2.63 bits per heavy atom. The second kappa shape index (κ2) is 6.22. The van der Waals surface area contributed by atoms with E-state index in [0.29, 0.717) is 6.61 Å². The Morgan fingerprint density at radius 1 is 1.21 bits per heavy atom. The molecule has 0 fully saturated rings. The molecule has 0 radical (unpaired) electrons. The van der Waals surface area contributed by atoms with Gasteiger partial charge in [-0.25, -0.2) is 0 Å². The van der Waals surface area contributed by atoms with E-state index in [2.05, 4.69) is 35.0 Å². The highest BCUT2D eigenvalue weighted by atomic mass is 79.9. The molecule has 0 amide bonds. The molecule has 0 aliphatic heterocycles. The number of aryl methyl sites for hydroxylation is 1. The fourth-order valence-corrected chi connectivity index (χ4v) is 2.31. The SMILES string of the molecule is Cc1ccccc1COc1ccc(Br)cc1[C@H](C)N. The summed E-state index contributed by atoms with van der Waals surface area (Å²) in [4.78, 5) is 0. The molecular weight excluding hydrogens is 302 g/mol. The molecule has 3 heteroatoms. The molecular formula is C16H18BrNO. The molecule has 0 aliphatic rings. The zero-order valence-electron chi connectivity index (χ0n) is 11.2. The Labute approximate surface area is 122 Å². The highest BCUT2D eigenvalue weighted by molar-refractivity contribution is 9.10. The van der Waals surface area contributed by atoms with Crippen molar-refractivity contribution in [1.82, 2.24) is 0 Å². The van der Waals surface area contributed by atoms with Crippen molar-refractivity contribution in [1.29, 1.82) is 0 Å². The third kappa shape index (κ3) is 3.58. The average Bonchev–Trinajstić information content (AvgIpc) is 2.38. The van der Waals surface area contributed by atoms with Crippen molar-refractivity contribution >= 4 is 15.9 Å². The predicted octanol–water partition coefficient (Wildman–Crippen LogP) is 4.36. The molecule has 1 atom stereocenters. The molecule has 0 aliphatic carbocycles. The van der Waals surface area contributed by atoms with Crippen LogP contribution in [0.5, 0.6) is 5.75 Å². The van der Waals surface area contributed by atoms with Gasteiger partial charge in [0.05, 0.1) is 0 Å². The van der Waals surface area contributed by atoms with Gasteiger partial charge in [-0.05, 0) is 43.2 Å². The number of ether oxygens (including phenoxy) is 1. The van der Waals surface area contributed by atoms with Crippen molar-refractivity contribution in [3.05, 3.63) is 63.6 Å². The summed E-state index contributed by atoms with van der Waals surface area (Å²) >= 11 is 3.46. The minimum absolute atomic E-state index is 0.0515. The molecule has 2 nitrogen and oxygen atoms in total. The van der Waals surface area contributed by atoms with Crippen LogP contribution in [0.25, 0.3) is 0 Å². The largest absolute Gasteiger partial charge is 0.489 e. The lowest BCUT2D eigenvalue weighted by molar-refractivity contribution is 0.300. The van der Waals surface area contributed by atoms with E-state index in [-0.39, 0.29) is 6.04 Å². The molecule has 2 aromatic rings. The zero-order valence-corrected chi connectivity index (χ0v) is 12.8. The van der Waals surface area contributed by atoms with Gasteiger partial charge in [-0.15, -0.1) is 0 Å². The van der Waals surface area contributed by atoms with Gasteiger partial charge in [-0.2, -0.15) is 0 Å². The van der Waals surface area contributed by atoms with Crippen LogP contribution in [-0.4, -0.2) is 0 Å². The molecule has 19 heavy (non-hydrogen) atoms. The average molecular weight is 320 g/mol. The lowest BCUT2D eigenvalue weighted by Crippen LogP contribution is -2.08. The van der Waals surface area contributed by atoms with E-state index in [9.17, 15) is 0 Å². The van der Waals surface area contributed by atoms with Crippen LogP contribution in [0, 0.1) is 6.92 Å². The predicted molar refractivity (Wildman–Crippen MR) is 82.3 cm³/mol. The molecule has 2 N–H and O–H groups in total. The molecule has 0 bridgehead atoms. The highest BCUT2D eigenvalue weighted by Crippen LogP contribution is 2.28. The lowest BCUT2D eigenvalue weighted by atomic mass is 10.1. The summed E-state index contributed by atoms with van der Waals surface area (Å²) in [5, 5.41) is 0. The number of hydrogen-bond donors (Lipinski definition) is 1. The number of nitrogens with two attached hydrogens (primary N) is 1. The first-order valence-corrected chi connectivity index (χ1v) is 7.09. The van der Waals surface area contributed by atoms with Crippen LogP contribution in [0.2, 0.25) is 0 Å². The molecule has 0 aromatic heterocycles. The minimum atomic E-state index is -0.0515. The van der Waals surface area contributed by atoms with Gasteiger partial charge in [-0.1, -0.05) is 40.2 Å². The van der Waals surface area contributed by atoms with E-state index >= 15 is 0 Å². The first-order chi connectivity index (χ1) is 9.08. The second-order valence-corrected chi connectivity index (χ2v) is 5.60. The Bertz CT molecular complexity index is 566. The Hall–Kier alpha value is -1.32. The summed E-state index contributed by atoms with van der Waals surface area (Å²) in [6, 6.07) is 14.1. The third-order valence-corrected chi connectivity index (χ3v) is 3.60. The summed E-state index contributed by atoms with van der Waals surface area (Å²) in [5.41, 5.74) is 9.43. The van der Waals surface area contributed by atoms with Crippen LogP contribution >= 0.6 is 15.9 Å². The summed E-state index contributed by atoms with van der Waals surface area (Å²) in [5.74, 6) is 0.849. The number of benzene rings is 2. The standard InChI is InChI=1S/C16H18BrNO/c1-11-5-3-4-6-13(11)10-19-16-8-7-14(17)9-15(16)12(2)18/h3-9,12H,10,18H2,1-2H3/t12-/m0/s1. The van der Waals surface area contributed by atoms with Crippen molar-refractivity contribution in [2.24, 2.45) is 5.73 Å². The number of halogens is 1. The second-order valence-electron chi connectivity index (χ2n) is 4.69. The van der Waals surface area contributed by atoms with Gasteiger partial charge < -0.3 is 10.5 Å². The molecule has 0 saturated heterocycles. The van der Waals surface area contributed by atoms with Gasteiger partial charge in [0.25, 0.3) is 0 Å². The maximum absolute atomic E-state index is 5.98. The fraction of sp³-hybridized carbons (Fsp3) is 0.250. The van der Waals surface area contributed by atoms with E-state index in [0.717, 1.165) is 15.8 Å². The van der Waals surface area contributed by atoms with E-state index in [1.807, 2.05) is 37.3 Å². The first kappa shape index (κ1) is 14.1. The van der Waals surface area contributed by atoms with Crippen LogP contribution in [-0.2, 0) is 6.61 Å². The van der Waals surface area contributed by atoms with Gasteiger partial charge in [0, 0.05) is 16.1 Å². The van der Waals surface area contributed by atoms with E-state index in [1.54, 1.807) is 0 Å². The monoisotopic (exact) mass is 319 g/mol. The topological polar surface area (TPSA) is 35.2 Å². The zero-order chi connectivity index (χ0) is 13.8. The lowest BCUT2D eigenvalue weighted by Gasteiger charge is -2.15. The first-order valence-electron chi connectivity index (χ1n) is 6.30. The van der Waals surface area contributed by atoms with Crippen molar-refractivity contribution in [2.75, 3.05) is 0 Å². The molecule has 2 rings (SSSR count). The summed E-state index contributed by atoms with van der Waals surface area (Å²) < 4.78 is 6.94. The van der Waals surface area contributed by atoms with Crippen LogP contribution in [0.3, 0.4) is 0 Å². The Morgan fingerprint density at radius 2 is 1.95 bits per heavy atom. The van der Waals surface area contributed by atoms with Gasteiger partial charge in [0.2, 0.25) is 0 Å². The molecule has 0 unspecified atom stereocenters. The minimum Gasteiger partial charge on any atom is -0.489 e. The Kier molecular flexibility index (Phi) is 4.61. The summed E-state index contributed by atoms with van der Waals surface area (Å²) in [6.45, 7) is 4.61. The van der Waals surface area contributed by atoms with Crippen LogP contribution in [0.1, 0.15) is 29.7 Å². The number of rotatable bonds is 4. The number of hydrogen-bond acceptors (Lipinski definition) is 2. The van der Waals surface area contributed by atoms with E-state index in [4.69, 9.17) is 10.5 Å². The van der Waals surface area contributed by atoms with Crippen molar-refractivity contribution in [2.45, 2.75) is 26.5 Å². The third-order valence-electron chi connectivity index (χ3n) is 3.11. The molecule has 100 valence electrons. The maximum atomic E-state index is 5.98. The van der Waals surface area contributed by atoms with Crippen LogP contribution < -0.4 is 10.5 Å². The van der Waals surface area contributed by atoms with E-state index in [1.165, 1.54) is 11.1 Å². The van der Waals surface area contributed by atoms with Crippen molar-refractivity contribution in [3.63, 3.8) is 0 Å². The summed E-state index contributed by atoms with van der Waals surface area (Å²) in [7, 11) is 0. The fourth-order valence-electron chi connectivity index (χ4n) is 1.93. The molecule has 0 heterocycles. The highest BCUT2D eigenvalue weighted by Gasteiger charge is 2.09. The Balaban J connectivity index is 2.18. The van der Waals surface area contributed by atoms with Gasteiger partial charge in [0.1, 0.15) is 12.4 Å². The van der Waals surface area contributed by atoms with Crippen LogP contribution in [0.15, 0.2) is 46.9 Å². The van der Waals surface area contributed by atoms with Gasteiger partial charge >= 0.3 is 0 Å². The van der Waals surface area contributed by atoms with Crippen molar-refractivity contribution < 1.29 is 4.74 Å². The molecule has 0 spiro atoms. The molecule has 2 aromatic carbocycles. The quantitative estimate of drug-likeness (QED) is 0.908. The normalized spacial score (nSPS) is 12.2.